The number of fused-ring (bicyclic) bond motifs is 4. The molecular formula is C31H26N6O2. The van der Waals surface area contributed by atoms with E-state index in [9.17, 15) is 0 Å². The Morgan fingerprint density at radius 2 is 1.54 bits per heavy atom. The van der Waals surface area contributed by atoms with Crippen molar-refractivity contribution in [2.24, 2.45) is 0 Å². The molecule has 0 saturated heterocycles. The van der Waals surface area contributed by atoms with Gasteiger partial charge in [-0.25, -0.2) is 19.2 Å². The number of hydrogen-bond acceptors (Lipinski definition) is 6. The molecule has 1 aliphatic heterocycles. The molecule has 0 radical (unpaired) electrons. The van der Waals surface area contributed by atoms with E-state index in [0.717, 1.165) is 44.9 Å². The Labute approximate surface area is 225 Å². The molecule has 1 aliphatic rings. The average Bonchev–Trinajstić information content (AvgIpc) is 3.53. The van der Waals surface area contributed by atoms with Crippen molar-refractivity contribution in [3.63, 3.8) is 0 Å². The third-order valence-electron chi connectivity index (χ3n) is 7.15. The van der Waals surface area contributed by atoms with Crippen LogP contribution in [0.15, 0.2) is 85.2 Å². The van der Waals surface area contributed by atoms with Crippen LogP contribution in [0, 0.1) is 20.8 Å². The standard InChI is InChI=1S/C31H26N6O2/c1-19-11-10-12-20(2)28(19)38-17-24-33-29-27-26(22-13-6-4-7-14-22)25-21(3)34-37(23-15-8-5-9-16-23)31(25)39-30(27)32-18-36(29)35-24/h4-16,18,26H,17H2,1-3H3. The summed E-state index contributed by atoms with van der Waals surface area (Å²) in [6.45, 7) is 6.34. The van der Waals surface area contributed by atoms with Crippen LogP contribution in [0.5, 0.6) is 17.5 Å². The number of aryl methyl sites for hydroxylation is 3. The summed E-state index contributed by atoms with van der Waals surface area (Å²) < 4.78 is 16.2. The van der Waals surface area contributed by atoms with Crippen LogP contribution < -0.4 is 9.47 Å². The molecular weight excluding hydrogens is 488 g/mol. The van der Waals surface area contributed by atoms with Crippen LogP contribution in [0.25, 0.3) is 11.3 Å². The summed E-state index contributed by atoms with van der Waals surface area (Å²) in [5, 5.41) is 9.58. The Morgan fingerprint density at radius 3 is 2.28 bits per heavy atom. The second-order valence-electron chi connectivity index (χ2n) is 9.77. The summed E-state index contributed by atoms with van der Waals surface area (Å²) in [6, 6.07) is 26.4. The minimum atomic E-state index is -0.185. The molecule has 7 rings (SSSR count). The lowest BCUT2D eigenvalue weighted by Crippen LogP contribution is -2.16. The van der Waals surface area contributed by atoms with Crippen LogP contribution in [-0.4, -0.2) is 29.4 Å². The van der Waals surface area contributed by atoms with Crippen LogP contribution in [0.3, 0.4) is 0 Å². The summed E-state index contributed by atoms with van der Waals surface area (Å²) in [6.07, 6.45) is 1.65. The molecule has 1 atom stereocenters. The Kier molecular flexibility index (Phi) is 5.40. The zero-order chi connectivity index (χ0) is 26.5. The van der Waals surface area contributed by atoms with E-state index < -0.39 is 0 Å². The van der Waals surface area contributed by atoms with Gasteiger partial charge in [0, 0.05) is 0 Å². The van der Waals surface area contributed by atoms with Gasteiger partial charge in [-0.15, -0.1) is 5.10 Å². The van der Waals surface area contributed by atoms with Crippen molar-refractivity contribution in [1.82, 2.24) is 29.4 Å². The van der Waals surface area contributed by atoms with E-state index in [4.69, 9.17) is 24.7 Å². The Bertz CT molecular complexity index is 1810. The number of aromatic nitrogens is 6. The first-order chi connectivity index (χ1) is 19.1. The van der Waals surface area contributed by atoms with Crippen LogP contribution in [-0.2, 0) is 6.61 Å². The largest absolute Gasteiger partial charge is 0.485 e. The molecule has 1 unspecified atom stereocenters. The molecule has 0 amide bonds. The maximum absolute atomic E-state index is 6.49. The number of rotatable bonds is 5. The highest BCUT2D eigenvalue weighted by atomic mass is 16.5. The Balaban J connectivity index is 1.36. The van der Waals surface area contributed by atoms with E-state index in [-0.39, 0.29) is 12.5 Å². The molecule has 3 aromatic heterocycles. The maximum atomic E-state index is 6.49. The molecule has 0 aliphatic carbocycles. The van der Waals surface area contributed by atoms with Crippen molar-refractivity contribution in [3.8, 4) is 23.2 Å². The quantitative estimate of drug-likeness (QED) is 0.276. The number of ether oxygens (including phenoxy) is 2. The van der Waals surface area contributed by atoms with Crippen LogP contribution >= 0.6 is 0 Å². The normalized spacial score (nSPS) is 14.1. The first-order valence-corrected chi connectivity index (χ1v) is 12.9. The number of nitrogens with zero attached hydrogens (tertiary/aromatic N) is 6. The van der Waals surface area contributed by atoms with Gasteiger partial charge in [0.05, 0.1) is 28.4 Å². The van der Waals surface area contributed by atoms with Gasteiger partial charge in [-0.3, -0.25) is 0 Å². The fourth-order valence-electron chi connectivity index (χ4n) is 5.37. The van der Waals surface area contributed by atoms with Crippen molar-refractivity contribution in [1.29, 1.82) is 0 Å². The molecule has 8 nitrogen and oxygen atoms in total. The van der Waals surface area contributed by atoms with Gasteiger partial charge < -0.3 is 9.47 Å². The fourth-order valence-corrected chi connectivity index (χ4v) is 5.37. The van der Waals surface area contributed by atoms with E-state index in [1.807, 2.05) is 92.2 Å². The van der Waals surface area contributed by atoms with Crippen LogP contribution in [0.1, 0.15) is 45.3 Å². The van der Waals surface area contributed by atoms with Crippen molar-refractivity contribution in [2.45, 2.75) is 33.3 Å². The van der Waals surface area contributed by atoms with Crippen molar-refractivity contribution in [3.05, 3.63) is 125 Å². The third-order valence-corrected chi connectivity index (χ3v) is 7.15. The molecule has 3 aromatic carbocycles. The van der Waals surface area contributed by atoms with Gasteiger partial charge in [0.1, 0.15) is 18.7 Å². The molecule has 0 bridgehead atoms. The van der Waals surface area contributed by atoms with E-state index >= 15 is 0 Å². The lowest BCUT2D eigenvalue weighted by Gasteiger charge is -2.26. The Hall–Kier alpha value is -4.98. The lowest BCUT2D eigenvalue weighted by molar-refractivity contribution is 0.292. The van der Waals surface area contributed by atoms with Gasteiger partial charge in [-0.2, -0.15) is 5.10 Å². The van der Waals surface area contributed by atoms with Crippen molar-refractivity contribution >= 4 is 5.65 Å². The topological polar surface area (TPSA) is 79.4 Å². The minimum Gasteiger partial charge on any atom is -0.485 e. The van der Waals surface area contributed by atoms with Gasteiger partial charge in [0.15, 0.2) is 11.5 Å². The Morgan fingerprint density at radius 1 is 0.821 bits per heavy atom. The molecule has 192 valence electrons. The smallest absolute Gasteiger partial charge is 0.230 e. The molecule has 0 spiro atoms. The summed E-state index contributed by atoms with van der Waals surface area (Å²) in [5.41, 5.74) is 7.60. The minimum absolute atomic E-state index is 0.185. The van der Waals surface area contributed by atoms with Gasteiger partial charge in [0.2, 0.25) is 11.8 Å². The molecule has 0 fully saturated rings. The lowest BCUT2D eigenvalue weighted by atomic mass is 9.84. The zero-order valence-corrected chi connectivity index (χ0v) is 21.9. The van der Waals surface area contributed by atoms with Crippen LogP contribution in [0.4, 0.5) is 0 Å². The number of hydrogen-bond donors (Lipinski definition) is 0. The summed E-state index contributed by atoms with van der Waals surface area (Å²) in [5.74, 6) is 2.40. The highest BCUT2D eigenvalue weighted by Gasteiger charge is 2.38. The predicted molar refractivity (Wildman–Crippen MR) is 147 cm³/mol. The summed E-state index contributed by atoms with van der Waals surface area (Å²) in [7, 11) is 0. The third kappa shape index (κ3) is 3.84. The molecule has 0 N–H and O–H groups in total. The first-order valence-electron chi connectivity index (χ1n) is 12.9. The van der Waals surface area contributed by atoms with Crippen molar-refractivity contribution < 1.29 is 9.47 Å². The average molecular weight is 515 g/mol. The molecule has 0 saturated carbocycles. The van der Waals surface area contributed by atoms with E-state index in [0.29, 0.717) is 23.2 Å². The SMILES string of the molecule is Cc1cccc(C)c1OCc1nc2c3c(ncn2n1)Oc1c(c(C)nn1-c1ccccc1)C3c1ccccc1. The first kappa shape index (κ1) is 23.2. The summed E-state index contributed by atoms with van der Waals surface area (Å²) in [4.78, 5) is 9.61. The zero-order valence-electron chi connectivity index (χ0n) is 21.9. The highest BCUT2D eigenvalue weighted by molar-refractivity contribution is 5.66. The predicted octanol–water partition coefficient (Wildman–Crippen LogP) is 6.10. The highest BCUT2D eigenvalue weighted by Crippen LogP contribution is 2.49. The van der Waals surface area contributed by atoms with Gasteiger partial charge in [-0.05, 0) is 49.6 Å². The summed E-state index contributed by atoms with van der Waals surface area (Å²) >= 11 is 0. The molecule has 39 heavy (non-hydrogen) atoms. The monoisotopic (exact) mass is 514 g/mol. The van der Waals surface area contributed by atoms with Gasteiger partial charge >= 0.3 is 0 Å². The van der Waals surface area contributed by atoms with Gasteiger partial charge in [0.25, 0.3) is 0 Å². The second-order valence-corrected chi connectivity index (χ2v) is 9.77. The molecule has 4 heterocycles. The van der Waals surface area contributed by atoms with E-state index in [2.05, 4.69) is 17.1 Å². The number of para-hydroxylation sites is 2. The van der Waals surface area contributed by atoms with E-state index in [1.165, 1.54) is 0 Å². The van der Waals surface area contributed by atoms with Crippen molar-refractivity contribution in [2.75, 3.05) is 0 Å². The van der Waals surface area contributed by atoms with Crippen LogP contribution in [0.2, 0.25) is 0 Å². The van der Waals surface area contributed by atoms with E-state index in [1.54, 1.807) is 10.8 Å². The maximum Gasteiger partial charge on any atom is 0.230 e. The number of benzene rings is 3. The fraction of sp³-hybridized carbons (Fsp3) is 0.161. The van der Waals surface area contributed by atoms with Gasteiger partial charge in [-0.1, -0.05) is 66.7 Å². The molecule has 8 heteroatoms. The molecule has 6 aromatic rings. The second kappa shape index (κ2) is 9.09.